The van der Waals surface area contributed by atoms with Crippen molar-refractivity contribution in [3.8, 4) is 0 Å². The zero-order valence-corrected chi connectivity index (χ0v) is 11.4. The van der Waals surface area contributed by atoms with E-state index < -0.39 is 0 Å². The fourth-order valence-corrected chi connectivity index (χ4v) is 3.83. The minimum Gasteiger partial charge on any atom is -0.343 e. The number of thioether (sulfide) groups is 1. The second kappa shape index (κ2) is 7.27. The summed E-state index contributed by atoms with van der Waals surface area (Å²) in [5, 5.41) is 3.44. The van der Waals surface area contributed by atoms with Gasteiger partial charge in [-0.3, -0.25) is 4.79 Å². The first-order chi connectivity index (χ1) is 8.36. The summed E-state index contributed by atoms with van der Waals surface area (Å²) in [7, 11) is 0. The highest BCUT2D eigenvalue weighted by Crippen LogP contribution is 2.22. The third-order valence-electron chi connectivity index (χ3n) is 3.68. The number of nitrogens with one attached hydrogen (secondary N) is 1. The van der Waals surface area contributed by atoms with Crippen LogP contribution in [0, 0.1) is 5.92 Å². The molecule has 0 radical (unpaired) electrons. The molecule has 0 spiro atoms. The van der Waals surface area contributed by atoms with Gasteiger partial charge < -0.3 is 10.2 Å². The van der Waals surface area contributed by atoms with E-state index in [1.54, 1.807) is 0 Å². The zero-order valence-electron chi connectivity index (χ0n) is 10.6. The van der Waals surface area contributed by atoms with Crippen molar-refractivity contribution in [2.75, 3.05) is 37.7 Å². The first kappa shape index (κ1) is 13.2. The standard InChI is InChI=1S/C13H24N2OS/c16-13(15-7-2-1-3-8-15)4-6-14-10-12-5-9-17-11-12/h12,14H,1-11H2. The van der Waals surface area contributed by atoms with E-state index in [1.807, 2.05) is 4.90 Å². The van der Waals surface area contributed by atoms with Crippen molar-refractivity contribution in [2.45, 2.75) is 32.1 Å². The molecule has 98 valence electrons. The molecule has 2 saturated heterocycles. The van der Waals surface area contributed by atoms with Gasteiger partial charge in [0.15, 0.2) is 0 Å². The van der Waals surface area contributed by atoms with Gasteiger partial charge in [0.2, 0.25) is 5.91 Å². The van der Waals surface area contributed by atoms with Gasteiger partial charge in [0.25, 0.3) is 0 Å². The zero-order chi connectivity index (χ0) is 11.9. The van der Waals surface area contributed by atoms with Crippen LogP contribution in [0.2, 0.25) is 0 Å². The Bertz CT molecular complexity index is 236. The van der Waals surface area contributed by atoms with E-state index in [4.69, 9.17) is 0 Å². The van der Waals surface area contributed by atoms with Crippen molar-refractivity contribution in [1.29, 1.82) is 0 Å². The van der Waals surface area contributed by atoms with Crippen molar-refractivity contribution in [3.63, 3.8) is 0 Å². The molecule has 0 aromatic rings. The molecule has 2 rings (SSSR count). The summed E-state index contributed by atoms with van der Waals surface area (Å²) < 4.78 is 0. The van der Waals surface area contributed by atoms with Crippen molar-refractivity contribution >= 4 is 17.7 Å². The van der Waals surface area contributed by atoms with Gasteiger partial charge in [-0.2, -0.15) is 11.8 Å². The average molecular weight is 256 g/mol. The number of hydrogen-bond donors (Lipinski definition) is 1. The molecule has 1 amide bonds. The summed E-state index contributed by atoms with van der Waals surface area (Å²) in [6.45, 7) is 3.92. The molecule has 2 aliphatic heterocycles. The molecular formula is C13H24N2OS. The second-order valence-electron chi connectivity index (χ2n) is 5.13. The molecule has 17 heavy (non-hydrogen) atoms. The van der Waals surface area contributed by atoms with Crippen LogP contribution in [0.4, 0.5) is 0 Å². The van der Waals surface area contributed by atoms with Crippen LogP contribution in [0.15, 0.2) is 0 Å². The summed E-state index contributed by atoms with van der Waals surface area (Å²) >= 11 is 2.05. The molecule has 0 aromatic heterocycles. The van der Waals surface area contributed by atoms with Crippen LogP contribution >= 0.6 is 11.8 Å². The number of hydrogen-bond acceptors (Lipinski definition) is 3. The Hall–Kier alpha value is -0.220. The van der Waals surface area contributed by atoms with Crippen molar-refractivity contribution in [3.05, 3.63) is 0 Å². The van der Waals surface area contributed by atoms with Crippen molar-refractivity contribution in [1.82, 2.24) is 10.2 Å². The lowest BCUT2D eigenvalue weighted by Crippen LogP contribution is -2.37. The Kier molecular flexibility index (Phi) is 5.65. The van der Waals surface area contributed by atoms with Gasteiger partial charge in [0, 0.05) is 26.1 Å². The average Bonchev–Trinajstić information content (AvgIpc) is 2.88. The first-order valence-corrected chi connectivity index (χ1v) is 8.08. The maximum absolute atomic E-state index is 11.9. The topological polar surface area (TPSA) is 32.3 Å². The van der Waals surface area contributed by atoms with Gasteiger partial charge in [-0.05, 0) is 49.7 Å². The van der Waals surface area contributed by atoms with E-state index in [0.29, 0.717) is 12.3 Å². The highest BCUT2D eigenvalue weighted by Gasteiger charge is 2.17. The highest BCUT2D eigenvalue weighted by molar-refractivity contribution is 7.99. The third kappa shape index (κ3) is 4.51. The van der Waals surface area contributed by atoms with Crippen LogP contribution in [-0.2, 0) is 4.79 Å². The molecule has 1 N–H and O–H groups in total. The monoisotopic (exact) mass is 256 g/mol. The number of carbonyl (C=O) groups is 1. The van der Waals surface area contributed by atoms with Gasteiger partial charge in [-0.25, -0.2) is 0 Å². The fourth-order valence-electron chi connectivity index (χ4n) is 2.55. The Morgan fingerprint density at radius 1 is 1.29 bits per heavy atom. The molecule has 3 nitrogen and oxygen atoms in total. The lowest BCUT2D eigenvalue weighted by molar-refractivity contribution is -0.131. The molecule has 0 aliphatic carbocycles. The minimum absolute atomic E-state index is 0.345. The summed E-state index contributed by atoms with van der Waals surface area (Å²) in [5.74, 6) is 3.80. The molecule has 2 aliphatic rings. The SMILES string of the molecule is O=C(CCNCC1CCSC1)N1CCCCC1. The van der Waals surface area contributed by atoms with Crippen LogP contribution in [0.5, 0.6) is 0 Å². The maximum atomic E-state index is 11.9. The number of rotatable bonds is 5. The number of piperidine rings is 1. The third-order valence-corrected chi connectivity index (χ3v) is 4.91. The Morgan fingerprint density at radius 3 is 2.82 bits per heavy atom. The predicted octanol–water partition coefficient (Wildman–Crippen LogP) is 1.73. The van der Waals surface area contributed by atoms with E-state index in [9.17, 15) is 4.79 Å². The maximum Gasteiger partial charge on any atom is 0.223 e. The fraction of sp³-hybridized carbons (Fsp3) is 0.923. The van der Waals surface area contributed by atoms with E-state index in [1.165, 1.54) is 37.2 Å². The molecule has 4 heteroatoms. The van der Waals surface area contributed by atoms with Gasteiger partial charge in [0.05, 0.1) is 0 Å². The number of amides is 1. The van der Waals surface area contributed by atoms with Crippen molar-refractivity contribution < 1.29 is 4.79 Å². The second-order valence-corrected chi connectivity index (χ2v) is 6.28. The van der Waals surface area contributed by atoms with Crippen molar-refractivity contribution in [2.24, 2.45) is 5.92 Å². The number of nitrogens with zero attached hydrogens (tertiary/aromatic N) is 1. The van der Waals surface area contributed by atoms with E-state index >= 15 is 0 Å². The lowest BCUT2D eigenvalue weighted by atomic mass is 10.1. The summed E-state index contributed by atoms with van der Waals surface area (Å²) in [6, 6.07) is 0. The molecule has 0 aromatic carbocycles. The summed E-state index contributed by atoms with van der Waals surface area (Å²) in [5.41, 5.74) is 0. The molecule has 1 unspecified atom stereocenters. The smallest absolute Gasteiger partial charge is 0.223 e. The summed E-state index contributed by atoms with van der Waals surface area (Å²) in [4.78, 5) is 13.9. The van der Waals surface area contributed by atoms with E-state index in [-0.39, 0.29) is 0 Å². The Balaban J connectivity index is 1.53. The van der Waals surface area contributed by atoms with Crippen LogP contribution in [0.3, 0.4) is 0 Å². The largest absolute Gasteiger partial charge is 0.343 e. The van der Waals surface area contributed by atoms with Crippen LogP contribution in [0.25, 0.3) is 0 Å². The molecule has 0 bridgehead atoms. The minimum atomic E-state index is 0.345. The number of carbonyl (C=O) groups excluding carboxylic acids is 1. The van der Waals surface area contributed by atoms with Gasteiger partial charge >= 0.3 is 0 Å². The molecule has 2 fully saturated rings. The van der Waals surface area contributed by atoms with Gasteiger partial charge in [-0.15, -0.1) is 0 Å². The Labute approximate surface area is 109 Å². The molecule has 0 saturated carbocycles. The first-order valence-electron chi connectivity index (χ1n) is 6.92. The van der Waals surface area contributed by atoms with Gasteiger partial charge in [0.1, 0.15) is 0 Å². The van der Waals surface area contributed by atoms with E-state index in [0.717, 1.165) is 32.1 Å². The van der Waals surface area contributed by atoms with Crippen LogP contribution in [0.1, 0.15) is 32.1 Å². The molecule has 1 atom stereocenters. The quantitative estimate of drug-likeness (QED) is 0.760. The molecule has 2 heterocycles. The molecular weight excluding hydrogens is 232 g/mol. The van der Waals surface area contributed by atoms with Crippen LogP contribution < -0.4 is 5.32 Å². The van der Waals surface area contributed by atoms with Crippen LogP contribution in [-0.4, -0.2) is 48.5 Å². The lowest BCUT2D eigenvalue weighted by Gasteiger charge is -2.26. The number of likely N-dealkylation sites (tertiary alicyclic amines) is 1. The van der Waals surface area contributed by atoms with E-state index in [2.05, 4.69) is 17.1 Å². The van der Waals surface area contributed by atoms with Gasteiger partial charge in [-0.1, -0.05) is 0 Å². The highest BCUT2D eigenvalue weighted by atomic mass is 32.2. The summed E-state index contributed by atoms with van der Waals surface area (Å²) in [6.07, 6.45) is 5.70. The predicted molar refractivity (Wildman–Crippen MR) is 73.3 cm³/mol. The normalized spacial score (nSPS) is 25.2. The Morgan fingerprint density at radius 2 is 2.12 bits per heavy atom.